The van der Waals surface area contributed by atoms with Crippen molar-refractivity contribution >= 4 is 29.3 Å². The van der Waals surface area contributed by atoms with Crippen molar-refractivity contribution in [3.63, 3.8) is 0 Å². The first-order valence-electron chi connectivity index (χ1n) is 7.90. The van der Waals surface area contributed by atoms with Crippen molar-refractivity contribution in [3.05, 3.63) is 59.1 Å². The van der Waals surface area contributed by atoms with Crippen LogP contribution < -0.4 is 10.1 Å². The van der Waals surface area contributed by atoms with Crippen LogP contribution in [0.5, 0.6) is 5.75 Å². The molecule has 0 aliphatic carbocycles. The number of ether oxygens (including phenoxy) is 1. The number of carbonyl (C=O) groups is 1. The second-order valence-electron chi connectivity index (χ2n) is 5.46. The summed E-state index contributed by atoms with van der Waals surface area (Å²) in [6, 6.07) is 15.3. The lowest BCUT2D eigenvalue weighted by Crippen LogP contribution is -2.34. The molecule has 0 aliphatic heterocycles. The van der Waals surface area contributed by atoms with Crippen molar-refractivity contribution in [3.8, 4) is 5.75 Å². The van der Waals surface area contributed by atoms with Gasteiger partial charge in [0.05, 0.1) is 18.4 Å². The fourth-order valence-electron chi connectivity index (χ4n) is 2.32. The highest BCUT2D eigenvalue weighted by molar-refractivity contribution is 8.00. The van der Waals surface area contributed by atoms with E-state index in [9.17, 15) is 4.79 Å². The van der Waals surface area contributed by atoms with E-state index in [0.717, 1.165) is 22.6 Å². The number of thioether (sulfide) groups is 1. The average Bonchev–Trinajstić information content (AvgIpc) is 2.61. The maximum atomic E-state index is 12.5. The van der Waals surface area contributed by atoms with Crippen LogP contribution in [-0.4, -0.2) is 18.3 Å². The van der Waals surface area contributed by atoms with Crippen LogP contribution in [0.25, 0.3) is 0 Å². The molecule has 2 aromatic rings. The topological polar surface area (TPSA) is 38.3 Å². The Morgan fingerprint density at radius 2 is 1.79 bits per heavy atom. The number of benzene rings is 2. The van der Waals surface area contributed by atoms with Crippen LogP contribution >= 0.6 is 23.4 Å². The Morgan fingerprint density at radius 3 is 2.33 bits per heavy atom. The highest BCUT2D eigenvalue weighted by atomic mass is 35.5. The minimum absolute atomic E-state index is 0.00585. The van der Waals surface area contributed by atoms with Crippen molar-refractivity contribution in [2.24, 2.45) is 0 Å². The number of amides is 1. The Morgan fingerprint density at radius 1 is 1.17 bits per heavy atom. The Bertz CT molecular complexity index is 658. The number of hydrogen-bond acceptors (Lipinski definition) is 3. The molecule has 0 aliphatic rings. The molecule has 3 nitrogen and oxygen atoms in total. The molecular weight excluding hydrogens is 342 g/mol. The monoisotopic (exact) mass is 363 g/mol. The van der Waals surface area contributed by atoms with Crippen molar-refractivity contribution < 1.29 is 9.53 Å². The van der Waals surface area contributed by atoms with Gasteiger partial charge in [-0.3, -0.25) is 4.79 Å². The van der Waals surface area contributed by atoms with Crippen LogP contribution in [0.15, 0.2) is 53.4 Å². The van der Waals surface area contributed by atoms with Gasteiger partial charge in [0.25, 0.3) is 0 Å². The Kier molecular flexibility index (Phi) is 7.00. The zero-order valence-corrected chi connectivity index (χ0v) is 15.7. The summed E-state index contributed by atoms with van der Waals surface area (Å²) in [6.07, 6.45) is 0.827. The molecule has 2 unspecified atom stereocenters. The standard InChI is InChI=1S/C19H22ClNO2S/c1-4-18(14-5-7-15(20)8-6-14)21-19(22)13(2)24-17-11-9-16(23-3)10-12-17/h5-13,18H,4H2,1-3H3,(H,21,22). The molecule has 0 spiro atoms. The van der Waals surface area contributed by atoms with Gasteiger partial charge in [0.1, 0.15) is 5.75 Å². The van der Waals surface area contributed by atoms with Gasteiger partial charge < -0.3 is 10.1 Å². The third-order valence-corrected chi connectivity index (χ3v) is 5.10. The van der Waals surface area contributed by atoms with Crippen LogP contribution in [-0.2, 0) is 4.79 Å². The molecule has 1 N–H and O–H groups in total. The van der Waals surface area contributed by atoms with E-state index in [1.54, 1.807) is 7.11 Å². The molecule has 0 fully saturated rings. The second-order valence-corrected chi connectivity index (χ2v) is 7.31. The van der Waals surface area contributed by atoms with E-state index in [2.05, 4.69) is 12.2 Å². The SMILES string of the molecule is CCC(NC(=O)C(C)Sc1ccc(OC)cc1)c1ccc(Cl)cc1. The van der Waals surface area contributed by atoms with Crippen molar-refractivity contribution in [2.45, 2.75) is 36.5 Å². The van der Waals surface area contributed by atoms with E-state index in [0.29, 0.717) is 5.02 Å². The summed E-state index contributed by atoms with van der Waals surface area (Å²) >= 11 is 7.46. The first kappa shape index (κ1) is 18.7. The first-order chi connectivity index (χ1) is 11.5. The van der Waals surface area contributed by atoms with E-state index >= 15 is 0 Å². The molecule has 0 bridgehead atoms. The molecule has 2 atom stereocenters. The molecule has 0 saturated carbocycles. The van der Waals surface area contributed by atoms with E-state index in [1.165, 1.54) is 11.8 Å². The van der Waals surface area contributed by atoms with Crippen LogP contribution in [0.4, 0.5) is 0 Å². The van der Waals surface area contributed by atoms with E-state index in [-0.39, 0.29) is 17.2 Å². The average molecular weight is 364 g/mol. The maximum absolute atomic E-state index is 12.5. The molecule has 24 heavy (non-hydrogen) atoms. The smallest absolute Gasteiger partial charge is 0.233 e. The van der Waals surface area contributed by atoms with Gasteiger partial charge in [0.2, 0.25) is 5.91 Å². The quantitative estimate of drug-likeness (QED) is 0.696. The van der Waals surface area contributed by atoms with Crippen molar-refractivity contribution in [1.82, 2.24) is 5.32 Å². The van der Waals surface area contributed by atoms with Gasteiger partial charge in [-0.15, -0.1) is 11.8 Å². The summed E-state index contributed by atoms with van der Waals surface area (Å²) < 4.78 is 5.15. The number of nitrogens with one attached hydrogen (secondary N) is 1. The van der Waals surface area contributed by atoms with Gasteiger partial charge in [0, 0.05) is 9.92 Å². The lowest BCUT2D eigenvalue weighted by molar-refractivity contribution is -0.121. The molecule has 5 heteroatoms. The minimum atomic E-state index is -0.181. The minimum Gasteiger partial charge on any atom is -0.497 e. The zero-order valence-electron chi connectivity index (χ0n) is 14.1. The Balaban J connectivity index is 1.97. The van der Waals surface area contributed by atoms with Gasteiger partial charge in [0.15, 0.2) is 0 Å². The summed E-state index contributed by atoms with van der Waals surface area (Å²) in [5, 5.41) is 3.63. The first-order valence-corrected chi connectivity index (χ1v) is 9.15. The number of carbonyl (C=O) groups excluding carboxylic acids is 1. The molecule has 128 valence electrons. The summed E-state index contributed by atoms with van der Waals surface area (Å²) in [6.45, 7) is 3.97. The summed E-state index contributed by atoms with van der Waals surface area (Å²) in [5.41, 5.74) is 1.07. The highest BCUT2D eigenvalue weighted by Crippen LogP contribution is 2.26. The normalized spacial score (nSPS) is 13.2. The third-order valence-electron chi connectivity index (χ3n) is 3.74. The fraction of sp³-hybridized carbons (Fsp3) is 0.316. The van der Waals surface area contributed by atoms with Crippen LogP contribution in [0.2, 0.25) is 5.02 Å². The molecule has 2 aromatic carbocycles. The molecular formula is C19H22ClNO2S. The predicted molar refractivity (Wildman–Crippen MR) is 101 cm³/mol. The summed E-state index contributed by atoms with van der Waals surface area (Å²) in [4.78, 5) is 13.5. The predicted octanol–water partition coefficient (Wildman–Crippen LogP) is 5.10. The Hall–Kier alpha value is -1.65. The molecule has 2 rings (SSSR count). The lowest BCUT2D eigenvalue weighted by atomic mass is 10.0. The van der Waals surface area contributed by atoms with Crippen molar-refractivity contribution in [1.29, 1.82) is 0 Å². The highest BCUT2D eigenvalue weighted by Gasteiger charge is 2.19. The number of rotatable bonds is 7. The van der Waals surface area contributed by atoms with E-state index < -0.39 is 0 Å². The van der Waals surface area contributed by atoms with E-state index in [4.69, 9.17) is 16.3 Å². The van der Waals surface area contributed by atoms with E-state index in [1.807, 2.05) is 55.5 Å². The van der Waals surface area contributed by atoms with Gasteiger partial charge in [-0.05, 0) is 55.3 Å². The number of methoxy groups -OCH3 is 1. The maximum Gasteiger partial charge on any atom is 0.233 e. The van der Waals surface area contributed by atoms with Crippen LogP contribution in [0.3, 0.4) is 0 Å². The number of hydrogen-bond donors (Lipinski definition) is 1. The molecule has 0 saturated heterocycles. The molecule has 0 radical (unpaired) electrons. The summed E-state index contributed by atoms with van der Waals surface area (Å²) in [7, 11) is 1.64. The Labute approximate surface area is 152 Å². The lowest BCUT2D eigenvalue weighted by Gasteiger charge is -2.20. The van der Waals surface area contributed by atoms with Crippen molar-refractivity contribution in [2.75, 3.05) is 7.11 Å². The number of halogens is 1. The largest absolute Gasteiger partial charge is 0.497 e. The van der Waals surface area contributed by atoms with Gasteiger partial charge in [-0.2, -0.15) is 0 Å². The molecule has 0 heterocycles. The summed E-state index contributed by atoms with van der Waals surface area (Å²) in [5.74, 6) is 0.836. The van der Waals surface area contributed by atoms with Gasteiger partial charge in [-0.1, -0.05) is 30.7 Å². The fourth-order valence-corrected chi connectivity index (χ4v) is 3.32. The zero-order chi connectivity index (χ0) is 17.5. The van der Waals surface area contributed by atoms with Gasteiger partial charge in [-0.25, -0.2) is 0 Å². The van der Waals surface area contributed by atoms with Crippen LogP contribution in [0.1, 0.15) is 31.9 Å². The second kappa shape index (κ2) is 9.00. The van der Waals surface area contributed by atoms with Gasteiger partial charge >= 0.3 is 0 Å². The molecule has 0 aromatic heterocycles. The third kappa shape index (κ3) is 5.18. The molecule has 1 amide bonds. The van der Waals surface area contributed by atoms with Crippen LogP contribution in [0, 0.1) is 0 Å².